The fraction of sp³-hybridized carbons (Fsp3) is 0.556. The number of benzene rings is 1. The summed E-state index contributed by atoms with van der Waals surface area (Å²) in [4.78, 5) is 25.9. The third-order valence-corrected chi connectivity index (χ3v) is 4.76. The van der Waals surface area contributed by atoms with Gasteiger partial charge in [-0.1, -0.05) is 13.8 Å². The number of piperidine rings is 1. The van der Waals surface area contributed by atoms with Crippen LogP contribution < -0.4 is 0 Å². The first-order valence-corrected chi connectivity index (χ1v) is 8.22. The molecule has 1 amide bonds. The lowest BCUT2D eigenvalue weighted by atomic mass is 9.72. The van der Waals surface area contributed by atoms with Crippen molar-refractivity contribution >= 4 is 11.9 Å². The van der Waals surface area contributed by atoms with Crippen molar-refractivity contribution in [2.45, 2.75) is 39.2 Å². The first-order valence-electron chi connectivity index (χ1n) is 8.22. The Morgan fingerprint density at radius 2 is 1.96 bits per heavy atom. The fourth-order valence-corrected chi connectivity index (χ4v) is 3.14. The number of nitrogens with zero attached hydrogens (tertiary/aromatic N) is 1. The van der Waals surface area contributed by atoms with Gasteiger partial charge in [-0.05, 0) is 49.4 Å². The van der Waals surface area contributed by atoms with Crippen LogP contribution in [0.4, 0.5) is 4.39 Å². The van der Waals surface area contributed by atoms with Gasteiger partial charge in [0.15, 0.2) is 0 Å². The summed E-state index contributed by atoms with van der Waals surface area (Å²) in [5.41, 5.74) is -1.03. The second-order valence-electron chi connectivity index (χ2n) is 6.93. The lowest BCUT2D eigenvalue weighted by molar-refractivity contribution is -0.163. The number of rotatable bonds is 5. The van der Waals surface area contributed by atoms with E-state index in [1.54, 1.807) is 0 Å². The Morgan fingerprint density at radius 3 is 2.50 bits per heavy atom. The van der Waals surface area contributed by atoms with Crippen molar-refractivity contribution in [3.05, 3.63) is 35.6 Å². The quantitative estimate of drug-likeness (QED) is 0.865. The van der Waals surface area contributed by atoms with E-state index < -0.39 is 23.3 Å². The van der Waals surface area contributed by atoms with Crippen LogP contribution in [0.2, 0.25) is 0 Å². The lowest BCUT2D eigenvalue weighted by Gasteiger charge is -2.43. The number of carbonyl (C=O) groups is 2. The number of amides is 1. The average Bonchev–Trinajstić information content (AvgIpc) is 2.54. The van der Waals surface area contributed by atoms with Crippen LogP contribution in [0.3, 0.4) is 0 Å². The molecule has 0 aromatic heterocycles. The van der Waals surface area contributed by atoms with Crippen LogP contribution in [-0.2, 0) is 4.79 Å². The van der Waals surface area contributed by atoms with Crippen molar-refractivity contribution < 1.29 is 24.2 Å². The summed E-state index contributed by atoms with van der Waals surface area (Å²) in [5.74, 6) is -1.54. The molecule has 5 nitrogen and oxygen atoms in total. The first-order chi connectivity index (χ1) is 11.3. The minimum Gasteiger partial charge on any atom is -0.481 e. The van der Waals surface area contributed by atoms with Gasteiger partial charge in [-0.25, -0.2) is 4.39 Å². The van der Waals surface area contributed by atoms with Crippen molar-refractivity contribution in [2.75, 3.05) is 13.1 Å². The molecule has 1 fully saturated rings. The first kappa shape index (κ1) is 18.4. The van der Waals surface area contributed by atoms with E-state index in [0.717, 1.165) is 0 Å². The van der Waals surface area contributed by atoms with E-state index in [-0.39, 0.29) is 25.4 Å². The molecule has 2 atom stereocenters. The molecule has 1 heterocycles. The molecule has 1 aliphatic heterocycles. The van der Waals surface area contributed by atoms with Gasteiger partial charge in [-0.3, -0.25) is 9.59 Å². The molecule has 2 N–H and O–H groups in total. The van der Waals surface area contributed by atoms with Gasteiger partial charge in [0.05, 0.1) is 6.10 Å². The molecular weight excluding hydrogens is 313 g/mol. The van der Waals surface area contributed by atoms with Crippen molar-refractivity contribution in [2.24, 2.45) is 11.3 Å². The molecule has 2 rings (SSSR count). The summed E-state index contributed by atoms with van der Waals surface area (Å²) in [5, 5.41) is 20.1. The Hall–Kier alpha value is -1.95. The van der Waals surface area contributed by atoms with Gasteiger partial charge in [0, 0.05) is 18.7 Å². The molecule has 0 aliphatic carbocycles. The van der Waals surface area contributed by atoms with E-state index in [1.807, 2.05) is 13.8 Å². The third-order valence-electron chi connectivity index (χ3n) is 4.76. The number of carbonyl (C=O) groups excluding carboxylic acids is 1. The number of likely N-dealkylation sites (tertiary alicyclic amines) is 1. The molecular formula is C18H24FNO4. The third kappa shape index (κ3) is 3.75. The molecule has 24 heavy (non-hydrogen) atoms. The van der Waals surface area contributed by atoms with Crippen LogP contribution in [-0.4, -0.2) is 46.2 Å². The SMILES string of the molecule is CC(C)CC[C@@]1(C(=O)O)CN(C(=O)c2ccc(F)cc2)CC[C@@H]1O. The van der Waals surface area contributed by atoms with E-state index in [0.29, 0.717) is 24.3 Å². The highest BCUT2D eigenvalue weighted by molar-refractivity contribution is 5.94. The number of aliphatic hydroxyl groups excluding tert-OH is 1. The van der Waals surface area contributed by atoms with E-state index >= 15 is 0 Å². The number of carboxylic acids is 1. The van der Waals surface area contributed by atoms with Gasteiger partial charge in [-0.15, -0.1) is 0 Å². The zero-order valence-electron chi connectivity index (χ0n) is 14.0. The highest BCUT2D eigenvalue weighted by Crippen LogP contribution is 2.37. The molecule has 1 saturated heterocycles. The van der Waals surface area contributed by atoms with Crippen LogP contribution >= 0.6 is 0 Å². The molecule has 6 heteroatoms. The predicted octanol–water partition coefficient (Wildman–Crippen LogP) is 2.54. The molecule has 1 aliphatic rings. The van der Waals surface area contributed by atoms with Crippen molar-refractivity contribution in [3.63, 3.8) is 0 Å². The Bertz CT molecular complexity index is 602. The maximum atomic E-state index is 13.0. The molecule has 0 unspecified atom stereocenters. The zero-order valence-corrected chi connectivity index (χ0v) is 14.0. The number of halogens is 1. The number of aliphatic carboxylic acids is 1. The van der Waals surface area contributed by atoms with Gasteiger partial charge >= 0.3 is 5.97 Å². The maximum absolute atomic E-state index is 13.0. The minimum absolute atomic E-state index is 0.0353. The molecule has 0 bridgehead atoms. The van der Waals surface area contributed by atoms with Crippen LogP contribution in [0.25, 0.3) is 0 Å². The average molecular weight is 337 g/mol. The highest BCUT2D eigenvalue weighted by Gasteiger charge is 2.49. The van der Waals surface area contributed by atoms with Crippen LogP contribution in [0.5, 0.6) is 0 Å². The van der Waals surface area contributed by atoms with E-state index in [2.05, 4.69) is 0 Å². The summed E-state index contributed by atoms with van der Waals surface area (Å²) in [7, 11) is 0. The van der Waals surface area contributed by atoms with Crippen LogP contribution in [0.1, 0.15) is 43.5 Å². The summed E-state index contributed by atoms with van der Waals surface area (Å²) in [6, 6.07) is 5.18. The normalized spacial score (nSPS) is 24.2. The van der Waals surface area contributed by atoms with Crippen LogP contribution in [0, 0.1) is 17.2 Å². The van der Waals surface area contributed by atoms with Crippen molar-refractivity contribution in [3.8, 4) is 0 Å². The Morgan fingerprint density at radius 1 is 1.33 bits per heavy atom. The Labute approximate surface area is 141 Å². The fourth-order valence-electron chi connectivity index (χ4n) is 3.14. The molecule has 1 aromatic carbocycles. The van der Waals surface area contributed by atoms with Crippen LogP contribution in [0.15, 0.2) is 24.3 Å². The molecule has 0 spiro atoms. The number of aliphatic hydroxyl groups is 1. The molecule has 1 aromatic rings. The number of hydrogen-bond donors (Lipinski definition) is 2. The summed E-state index contributed by atoms with van der Waals surface area (Å²) >= 11 is 0. The van der Waals surface area contributed by atoms with Gasteiger partial charge in [-0.2, -0.15) is 0 Å². The second kappa shape index (κ2) is 7.30. The van der Waals surface area contributed by atoms with E-state index in [1.165, 1.54) is 29.2 Å². The Balaban J connectivity index is 2.22. The summed E-state index contributed by atoms with van der Waals surface area (Å²) in [6.45, 7) is 4.24. The topological polar surface area (TPSA) is 77.8 Å². The molecule has 0 saturated carbocycles. The van der Waals surface area contributed by atoms with Gasteiger partial charge in [0.1, 0.15) is 11.2 Å². The highest BCUT2D eigenvalue weighted by atomic mass is 19.1. The van der Waals surface area contributed by atoms with Crippen molar-refractivity contribution in [1.29, 1.82) is 0 Å². The second-order valence-corrected chi connectivity index (χ2v) is 6.93. The smallest absolute Gasteiger partial charge is 0.314 e. The lowest BCUT2D eigenvalue weighted by Crippen LogP contribution is -2.57. The van der Waals surface area contributed by atoms with Crippen molar-refractivity contribution in [1.82, 2.24) is 4.90 Å². The van der Waals surface area contributed by atoms with Gasteiger partial charge < -0.3 is 15.1 Å². The standard InChI is InChI=1S/C18H24FNO4/c1-12(2)7-9-18(17(23)24)11-20(10-8-15(18)21)16(22)13-3-5-14(19)6-4-13/h3-6,12,15,21H,7-11H2,1-2H3,(H,23,24)/t15-,18+/m0/s1. The van der Waals surface area contributed by atoms with Gasteiger partial charge in [0.25, 0.3) is 5.91 Å². The van der Waals surface area contributed by atoms with Gasteiger partial charge in [0.2, 0.25) is 0 Å². The number of hydrogen-bond acceptors (Lipinski definition) is 3. The number of carboxylic acid groups (broad SMARTS) is 1. The van der Waals surface area contributed by atoms with E-state index in [9.17, 15) is 24.2 Å². The summed E-state index contributed by atoms with van der Waals surface area (Å²) < 4.78 is 13.0. The Kier molecular flexibility index (Phi) is 5.59. The minimum atomic E-state index is -1.35. The monoisotopic (exact) mass is 337 g/mol. The zero-order chi connectivity index (χ0) is 17.9. The molecule has 0 radical (unpaired) electrons. The van der Waals surface area contributed by atoms with E-state index in [4.69, 9.17) is 0 Å². The largest absolute Gasteiger partial charge is 0.481 e. The summed E-state index contributed by atoms with van der Waals surface area (Å²) in [6.07, 6.45) is 0.208. The molecule has 132 valence electrons. The predicted molar refractivity (Wildman–Crippen MR) is 87.1 cm³/mol. The maximum Gasteiger partial charge on any atom is 0.314 e.